The fourth-order valence-electron chi connectivity index (χ4n) is 1.81. The molecule has 0 radical (unpaired) electrons. The van der Waals surface area contributed by atoms with Gasteiger partial charge in [-0.15, -0.1) is 0 Å². The van der Waals surface area contributed by atoms with Crippen molar-refractivity contribution in [2.45, 2.75) is 39.0 Å². The lowest BCUT2D eigenvalue weighted by Crippen LogP contribution is -2.53. The van der Waals surface area contributed by atoms with Crippen molar-refractivity contribution in [1.82, 2.24) is 10.2 Å². The minimum Gasteiger partial charge on any atom is -0.478 e. The van der Waals surface area contributed by atoms with E-state index in [2.05, 4.69) is 5.32 Å². The van der Waals surface area contributed by atoms with E-state index in [1.165, 1.54) is 13.8 Å². The first-order valence-corrected chi connectivity index (χ1v) is 7.45. The lowest BCUT2D eigenvalue weighted by molar-refractivity contribution is -0.133. The van der Waals surface area contributed by atoms with Gasteiger partial charge in [-0.25, -0.2) is 9.59 Å². The summed E-state index contributed by atoms with van der Waals surface area (Å²) in [6.45, 7) is 7.28. The lowest BCUT2D eigenvalue weighted by atomic mass is 10.1. The first-order valence-electron chi connectivity index (χ1n) is 6.40. The number of nitrogens with zero attached hydrogens (tertiary/aromatic N) is 1. The SMILES string of the molecule is CC(C(=O)O)=C(C)C(=O)NC(=O)N1CCSC(C)C1C. The van der Waals surface area contributed by atoms with E-state index in [0.717, 1.165) is 5.75 Å². The average Bonchev–Trinajstić information content (AvgIpc) is 2.39. The molecule has 1 aliphatic heterocycles. The Labute approximate surface area is 122 Å². The third kappa shape index (κ3) is 3.75. The number of rotatable bonds is 2. The normalized spacial score (nSPS) is 23.9. The molecule has 0 bridgehead atoms. The molecule has 112 valence electrons. The smallest absolute Gasteiger partial charge is 0.331 e. The zero-order valence-electron chi connectivity index (χ0n) is 12.1. The number of imide groups is 1. The van der Waals surface area contributed by atoms with Crippen molar-refractivity contribution in [3.63, 3.8) is 0 Å². The Morgan fingerprint density at radius 3 is 2.35 bits per heavy atom. The van der Waals surface area contributed by atoms with Crippen LogP contribution in [0.2, 0.25) is 0 Å². The maximum absolute atomic E-state index is 12.1. The van der Waals surface area contributed by atoms with E-state index in [0.29, 0.717) is 11.8 Å². The lowest BCUT2D eigenvalue weighted by Gasteiger charge is -2.37. The highest BCUT2D eigenvalue weighted by Crippen LogP contribution is 2.24. The number of nitrogens with one attached hydrogen (secondary N) is 1. The summed E-state index contributed by atoms with van der Waals surface area (Å²) in [6, 6.07) is -0.432. The van der Waals surface area contributed by atoms with Gasteiger partial charge >= 0.3 is 12.0 Å². The molecule has 1 fully saturated rings. The second-order valence-electron chi connectivity index (χ2n) is 4.82. The van der Waals surface area contributed by atoms with Gasteiger partial charge in [0, 0.05) is 34.7 Å². The summed E-state index contributed by atoms with van der Waals surface area (Å²) in [5.41, 5.74) is -0.0242. The largest absolute Gasteiger partial charge is 0.478 e. The molecule has 1 heterocycles. The van der Waals surface area contributed by atoms with Gasteiger partial charge in [-0.1, -0.05) is 6.92 Å². The second kappa shape index (κ2) is 6.78. The van der Waals surface area contributed by atoms with Crippen LogP contribution in [0.15, 0.2) is 11.1 Å². The van der Waals surface area contributed by atoms with Crippen LogP contribution in [-0.2, 0) is 9.59 Å². The number of hydrogen-bond acceptors (Lipinski definition) is 4. The molecule has 2 N–H and O–H groups in total. The van der Waals surface area contributed by atoms with Crippen LogP contribution >= 0.6 is 11.8 Å². The molecule has 2 unspecified atom stereocenters. The molecule has 0 aliphatic carbocycles. The first kappa shape index (κ1) is 16.6. The Morgan fingerprint density at radius 1 is 1.20 bits per heavy atom. The number of carboxylic acids is 1. The average molecular weight is 300 g/mol. The van der Waals surface area contributed by atoms with Crippen LogP contribution in [0.4, 0.5) is 4.79 Å². The third-order valence-corrected chi connectivity index (χ3v) is 4.93. The van der Waals surface area contributed by atoms with E-state index in [9.17, 15) is 14.4 Å². The number of amides is 3. The van der Waals surface area contributed by atoms with Crippen molar-refractivity contribution in [2.75, 3.05) is 12.3 Å². The first-order chi connectivity index (χ1) is 9.25. The van der Waals surface area contributed by atoms with Crippen molar-refractivity contribution in [3.8, 4) is 0 Å². The molecule has 6 nitrogen and oxygen atoms in total. The summed E-state index contributed by atoms with van der Waals surface area (Å²) in [6.07, 6.45) is 0. The van der Waals surface area contributed by atoms with E-state index in [4.69, 9.17) is 5.11 Å². The van der Waals surface area contributed by atoms with Crippen molar-refractivity contribution >= 4 is 29.7 Å². The van der Waals surface area contributed by atoms with Gasteiger partial charge in [0.25, 0.3) is 5.91 Å². The number of hydrogen-bond donors (Lipinski definition) is 2. The van der Waals surface area contributed by atoms with Crippen molar-refractivity contribution < 1.29 is 19.5 Å². The van der Waals surface area contributed by atoms with Crippen LogP contribution in [0.3, 0.4) is 0 Å². The van der Waals surface area contributed by atoms with Crippen LogP contribution in [0, 0.1) is 0 Å². The van der Waals surface area contributed by atoms with Crippen LogP contribution in [0.25, 0.3) is 0 Å². The molecule has 1 aliphatic rings. The molecule has 3 amide bonds. The van der Waals surface area contributed by atoms with Crippen LogP contribution in [0.1, 0.15) is 27.7 Å². The maximum Gasteiger partial charge on any atom is 0.331 e. The predicted octanol–water partition coefficient (Wildman–Crippen LogP) is 1.47. The van der Waals surface area contributed by atoms with Gasteiger partial charge in [-0.05, 0) is 20.8 Å². The fraction of sp³-hybridized carbons (Fsp3) is 0.615. The Hall–Kier alpha value is -1.50. The third-order valence-electron chi connectivity index (χ3n) is 3.59. The molecule has 7 heteroatoms. The Morgan fingerprint density at radius 2 is 1.80 bits per heavy atom. The van der Waals surface area contributed by atoms with E-state index in [-0.39, 0.29) is 17.2 Å². The molecule has 0 saturated carbocycles. The minimum atomic E-state index is -1.17. The highest BCUT2D eigenvalue weighted by Gasteiger charge is 2.30. The summed E-state index contributed by atoms with van der Waals surface area (Å²) >= 11 is 1.79. The van der Waals surface area contributed by atoms with Gasteiger partial charge in [0.2, 0.25) is 0 Å². The zero-order chi connectivity index (χ0) is 15.4. The molecule has 20 heavy (non-hydrogen) atoms. The number of urea groups is 1. The van der Waals surface area contributed by atoms with E-state index < -0.39 is 17.9 Å². The monoisotopic (exact) mass is 300 g/mol. The summed E-state index contributed by atoms with van der Waals surface area (Å²) < 4.78 is 0. The number of thioether (sulfide) groups is 1. The Bertz CT molecular complexity index is 461. The predicted molar refractivity (Wildman–Crippen MR) is 77.6 cm³/mol. The molecular weight excluding hydrogens is 280 g/mol. The Kier molecular flexibility index (Phi) is 5.62. The molecule has 1 saturated heterocycles. The van der Waals surface area contributed by atoms with Crippen LogP contribution in [-0.4, -0.2) is 51.5 Å². The molecule has 1 rings (SSSR count). The molecule has 2 atom stereocenters. The number of carbonyl (C=O) groups excluding carboxylic acids is 2. The van der Waals surface area contributed by atoms with Gasteiger partial charge in [0.15, 0.2) is 0 Å². The second-order valence-corrected chi connectivity index (χ2v) is 6.31. The molecule has 0 aromatic rings. The summed E-state index contributed by atoms with van der Waals surface area (Å²) in [5.74, 6) is -0.995. The maximum atomic E-state index is 12.1. The highest BCUT2D eigenvalue weighted by atomic mass is 32.2. The van der Waals surface area contributed by atoms with Crippen molar-refractivity contribution in [2.24, 2.45) is 0 Å². The van der Waals surface area contributed by atoms with Crippen LogP contribution in [0.5, 0.6) is 0 Å². The number of aliphatic carboxylic acids is 1. The summed E-state index contributed by atoms with van der Waals surface area (Å²) in [5, 5.41) is 11.4. The van der Waals surface area contributed by atoms with Crippen LogP contribution < -0.4 is 5.32 Å². The van der Waals surface area contributed by atoms with Gasteiger partial charge in [-0.2, -0.15) is 11.8 Å². The quantitative estimate of drug-likeness (QED) is 0.754. The molecule has 0 aromatic heterocycles. The number of carbonyl (C=O) groups is 3. The molecule has 0 spiro atoms. The van der Waals surface area contributed by atoms with Gasteiger partial charge in [0.05, 0.1) is 0 Å². The Balaban J connectivity index is 2.73. The zero-order valence-corrected chi connectivity index (χ0v) is 12.9. The van der Waals surface area contributed by atoms with E-state index in [1.54, 1.807) is 16.7 Å². The van der Waals surface area contributed by atoms with E-state index in [1.807, 2.05) is 13.8 Å². The minimum absolute atomic E-state index is 0.0337. The topological polar surface area (TPSA) is 86.7 Å². The van der Waals surface area contributed by atoms with E-state index >= 15 is 0 Å². The van der Waals surface area contributed by atoms with Gasteiger partial charge in [0.1, 0.15) is 0 Å². The summed E-state index contributed by atoms with van der Waals surface area (Å²) in [4.78, 5) is 36.3. The fourth-order valence-corrected chi connectivity index (χ4v) is 2.91. The van der Waals surface area contributed by atoms with Gasteiger partial charge in [-0.3, -0.25) is 10.1 Å². The van der Waals surface area contributed by atoms with Gasteiger partial charge < -0.3 is 10.0 Å². The van der Waals surface area contributed by atoms with Crippen molar-refractivity contribution in [3.05, 3.63) is 11.1 Å². The van der Waals surface area contributed by atoms with Crippen molar-refractivity contribution in [1.29, 1.82) is 0 Å². The molecular formula is C13H20N2O4S. The standard InChI is InChI=1S/C13H20N2O4S/c1-7(8(2)12(17)18)11(16)14-13(19)15-5-6-20-10(4)9(15)3/h9-10H,5-6H2,1-4H3,(H,17,18)(H,14,16,19). The summed E-state index contributed by atoms with van der Waals surface area (Å²) in [7, 11) is 0. The highest BCUT2D eigenvalue weighted by molar-refractivity contribution is 8.00. The molecule has 0 aromatic carbocycles. The number of carboxylic acid groups (broad SMARTS) is 1.